The second kappa shape index (κ2) is 6.90. The second-order valence-electron chi connectivity index (χ2n) is 8.20. The molecule has 0 unspecified atom stereocenters. The zero-order chi connectivity index (χ0) is 21.0. The van der Waals surface area contributed by atoms with Gasteiger partial charge < -0.3 is 9.88 Å². The molecule has 1 saturated heterocycles. The van der Waals surface area contributed by atoms with E-state index in [-0.39, 0.29) is 60.0 Å². The molecule has 154 valence electrons. The Hall–Kier alpha value is -3.29. The number of carbonyl (C=O) groups is 3. The number of aromatic amines is 1. The molecule has 2 fully saturated rings. The van der Waals surface area contributed by atoms with Crippen LogP contribution in [0.1, 0.15) is 19.2 Å². The molecule has 3 aliphatic rings. The lowest BCUT2D eigenvalue weighted by atomic mass is 9.85. The molecule has 1 N–H and O–H groups in total. The highest BCUT2D eigenvalue weighted by atomic mass is 16.2. The van der Waals surface area contributed by atoms with Gasteiger partial charge in [0.1, 0.15) is 12.4 Å². The van der Waals surface area contributed by atoms with E-state index in [1.807, 2.05) is 19.1 Å². The van der Waals surface area contributed by atoms with Crippen LogP contribution < -0.4 is 5.56 Å². The molecule has 3 amide bonds. The number of carbonyl (C=O) groups excluding carboxylic acids is 3. The van der Waals surface area contributed by atoms with E-state index >= 15 is 0 Å². The number of rotatable bonds is 5. The lowest BCUT2D eigenvalue weighted by Gasteiger charge is -2.24. The molecule has 2 heterocycles. The lowest BCUT2D eigenvalue weighted by molar-refractivity contribution is -0.147. The first-order valence-corrected chi connectivity index (χ1v) is 10.3. The maximum atomic E-state index is 12.9. The van der Waals surface area contributed by atoms with Crippen molar-refractivity contribution in [3.63, 3.8) is 0 Å². The Morgan fingerprint density at radius 2 is 1.80 bits per heavy atom. The van der Waals surface area contributed by atoms with Gasteiger partial charge >= 0.3 is 0 Å². The van der Waals surface area contributed by atoms with Crippen molar-refractivity contribution in [2.75, 3.05) is 13.1 Å². The first-order chi connectivity index (χ1) is 14.5. The Kier molecular flexibility index (Phi) is 4.30. The molecule has 1 aliphatic heterocycles. The van der Waals surface area contributed by atoms with Gasteiger partial charge in [-0.05, 0) is 37.3 Å². The number of fused-ring (bicyclic) bond motifs is 6. The fourth-order valence-electron chi connectivity index (χ4n) is 5.12. The summed E-state index contributed by atoms with van der Waals surface area (Å²) >= 11 is 0. The van der Waals surface area contributed by atoms with E-state index in [1.54, 1.807) is 24.3 Å². The van der Waals surface area contributed by atoms with Gasteiger partial charge in [0.2, 0.25) is 17.7 Å². The fourth-order valence-corrected chi connectivity index (χ4v) is 5.12. The maximum absolute atomic E-state index is 12.9. The molecule has 4 atom stereocenters. The standard InChI is InChI=1S/C22H22N4O4/c1-2-25(10-16-23-15-6-4-3-5-14(15)20(28)24-16)17(27)11-26-21(29)18-12-7-8-13(9-12)19(18)22(26)30/h3-8,12-13,18-19H,2,9-11H2,1H3,(H,23,24,28)/t12-,13-,18+,19+/m0/s1. The van der Waals surface area contributed by atoms with Gasteiger partial charge in [0, 0.05) is 6.54 Å². The summed E-state index contributed by atoms with van der Waals surface area (Å²) in [6.07, 6.45) is 4.92. The van der Waals surface area contributed by atoms with E-state index in [9.17, 15) is 19.2 Å². The van der Waals surface area contributed by atoms with Gasteiger partial charge in [0.15, 0.2) is 0 Å². The van der Waals surface area contributed by atoms with Gasteiger partial charge in [-0.3, -0.25) is 24.1 Å². The van der Waals surface area contributed by atoms with Crippen LogP contribution in [-0.2, 0) is 20.9 Å². The lowest BCUT2D eigenvalue weighted by Crippen LogP contribution is -2.43. The number of benzene rings is 1. The van der Waals surface area contributed by atoms with Crippen molar-refractivity contribution in [1.29, 1.82) is 0 Å². The summed E-state index contributed by atoms with van der Waals surface area (Å²) in [5.74, 6) is -0.825. The van der Waals surface area contributed by atoms with E-state index in [1.165, 1.54) is 4.90 Å². The highest BCUT2D eigenvalue weighted by molar-refractivity contribution is 6.08. The van der Waals surface area contributed by atoms with Crippen molar-refractivity contribution >= 4 is 28.6 Å². The normalized spacial score (nSPS) is 26.6. The van der Waals surface area contributed by atoms with E-state index in [0.717, 1.165) is 11.3 Å². The number of imide groups is 1. The van der Waals surface area contributed by atoms with E-state index in [4.69, 9.17) is 0 Å². The van der Waals surface area contributed by atoms with Crippen LogP contribution in [0.2, 0.25) is 0 Å². The third-order valence-corrected chi connectivity index (χ3v) is 6.59. The molecule has 8 nitrogen and oxygen atoms in total. The number of hydrogen-bond acceptors (Lipinski definition) is 5. The summed E-state index contributed by atoms with van der Waals surface area (Å²) in [6, 6.07) is 7.00. The SMILES string of the molecule is CCN(Cc1nc2ccccc2c(=O)[nH]1)C(=O)CN1C(=O)[C@H]2[C@H](C1=O)[C@H]1C=C[C@H]2C1. The first kappa shape index (κ1) is 18.7. The monoisotopic (exact) mass is 406 g/mol. The van der Waals surface area contributed by atoms with Crippen LogP contribution in [0, 0.1) is 23.7 Å². The Labute approximate surface area is 172 Å². The number of likely N-dealkylation sites (tertiary alicyclic amines) is 1. The molecule has 0 spiro atoms. The van der Waals surface area contributed by atoms with Crippen molar-refractivity contribution in [2.45, 2.75) is 19.9 Å². The van der Waals surface area contributed by atoms with Crippen molar-refractivity contribution in [3.8, 4) is 0 Å². The molecule has 30 heavy (non-hydrogen) atoms. The molecule has 2 aromatic rings. The van der Waals surface area contributed by atoms with Crippen molar-refractivity contribution in [3.05, 3.63) is 52.6 Å². The summed E-state index contributed by atoms with van der Waals surface area (Å²) in [6.45, 7) is 2.01. The number of amides is 3. The Morgan fingerprint density at radius 1 is 1.13 bits per heavy atom. The summed E-state index contributed by atoms with van der Waals surface area (Å²) in [5.41, 5.74) is 0.292. The second-order valence-corrected chi connectivity index (χ2v) is 8.20. The van der Waals surface area contributed by atoms with E-state index in [0.29, 0.717) is 23.3 Å². The zero-order valence-electron chi connectivity index (χ0n) is 16.6. The van der Waals surface area contributed by atoms with Crippen LogP contribution in [0.5, 0.6) is 0 Å². The van der Waals surface area contributed by atoms with Gasteiger partial charge in [-0.25, -0.2) is 4.98 Å². The number of nitrogens with one attached hydrogen (secondary N) is 1. The number of H-pyrrole nitrogens is 1. The van der Waals surface area contributed by atoms with Crippen LogP contribution in [0.3, 0.4) is 0 Å². The Balaban J connectivity index is 1.33. The molecule has 1 aromatic heterocycles. The van der Waals surface area contributed by atoms with Gasteiger partial charge in [-0.15, -0.1) is 0 Å². The third kappa shape index (κ3) is 2.78. The summed E-state index contributed by atoms with van der Waals surface area (Å²) < 4.78 is 0. The van der Waals surface area contributed by atoms with Gasteiger partial charge in [0.05, 0.1) is 29.3 Å². The molecular formula is C22H22N4O4. The van der Waals surface area contributed by atoms with Crippen LogP contribution in [0.25, 0.3) is 10.9 Å². The molecule has 1 saturated carbocycles. The predicted molar refractivity (Wildman–Crippen MR) is 108 cm³/mol. The van der Waals surface area contributed by atoms with Crippen LogP contribution in [-0.4, -0.2) is 50.6 Å². The summed E-state index contributed by atoms with van der Waals surface area (Å²) in [7, 11) is 0. The smallest absolute Gasteiger partial charge is 0.258 e. The van der Waals surface area contributed by atoms with Crippen molar-refractivity contribution in [1.82, 2.24) is 19.8 Å². The summed E-state index contributed by atoms with van der Waals surface area (Å²) in [4.78, 5) is 60.6. The predicted octanol–water partition coefficient (Wildman–Crippen LogP) is 1.08. The summed E-state index contributed by atoms with van der Waals surface area (Å²) in [5, 5.41) is 0.485. The maximum Gasteiger partial charge on any atom is 0.258 e. The van der Waals surface area contributed by atoms with Gasteiger partial charge in [0.25, 0.3) is 5.56 Å². The largest absolute Gasteiger partial charge is 0.334 e. The number of nitrogens with zero attached hydrogens (tertiary/aromatic N) is 3. The topological polar surface area (TPSA) is 103 Å². The van der Waals surface area contributed by atoms with Crippen LogP contribution in [0.15, 0.2) is 41.2 Å². The minimum Gasteiger partial charge on any atom is -0.334 e. The van der Waals surface area contributed by atoms with Crippen molar-refractivity contribution in [2.24, 2.45) is 23.7 Å². The quantitative estimate of drug-likeness (QED) is 0.591. The molecule has 5 rings (SSSR count). The number of para-hydroxylation sites is 1. The average molecular weight is 406 g/mol. The first-order valence-electron chi connectivity index (χ1n) is 10.3. The number of hydrogen-bond donors (Lipinski definition) is 1. The third-order valence-electron chi connectivity index (χ3n) is 6.59. The highest BCUT2D eigenvalue weighted by Crippen LogP contribution is 2.52. The Morgan fingerprint density at radius 3 is 2.47 bits per heavy atom. The average Bonchev–Trinajstić information content (AvgIpc) is 3.42. The molecule has 8 heteroatoms. The zero-order valence-corrected chi connectivity index (χ0v) is 16.6. The van der Waals surface area contributed by atoms with Crippen LogP contribution in [0.4, 0.5) is 0 Å². The molecule has 2 aliphatic carbocycles. The fraction of sp³-hybridized carbons (Fsp3) is 0.409. The van der Waals surface area contributed by atoms with Crippen molar-refractivity contribution < 1.29 is 14.4 Å². The van der Waals surface area contributed by atoms with E-state index < -0.39 is 0 Å². The molecule has 1 aromatic carbocycles. The number of aromatic nitrogens is 2. The molecule has 2 bridgehead atoms. The van der Waals surface area contributed by atoms with Gasteiger partial charge in [-0.1, -0.05) is 24.3 Å². The molecule has 0 radical (unpaired) electrons. The highest BCUT2D eigenvalue weighted by Gasteiger charge is 2.59. The minimum atomic E-state index is -0.338. The van der Waals surface area contributed by atoms with Crippen LogP contribution >= 0.6 is 0 Å². The minimum absolute atomic E-state index is 0.102. The molecular weight excluding hydrogens is 384 g/mol. The number of allylic oxidation sites excluding steroid dienone is 2. The number of likely N-dealkylation sites (N-methyl/N-ethyl adjacent to an activating group) is 1. The van der Waals surface area contributed by atoms with E-state index in [2.05, 4.69) is 9.97 Å². The Bertz CT molecular complexity index is 1120. The van der Waals surface area contributed by atoms with Gasteiger partial charge in [-0.2, -0.15) is 0 Å².